The maximum Gasteiger partial charge on any atom is 0.130 e. The van der Waals surface area contributed by atoms with Crippen LogP contribution in [0.25, 0.3) is 0 Å². The van der Waals surface area contributed by atoms with Gasteiger partial charge in [-0.2, -0.15) is 0 Å². The molecule has 0 bridgehead atoms. The second-order valence-corrected chi connectivity index (χ2v) is 6.63. The van der Waals surface area contributed by atoms with Crippen molar-refractivity contribution in [3.05, 3.63) is 35.4 Å². The first kappa shape index (κ1) is 14.9. The minimum atomic E-state index is -0.480. The average Bonchev–Trinajstić information content (AvgIpc) is 2.93. The third-order valence-corrected chi connectivity index (χ3v) is 5.52. The van der Waals surface area contributed by atoms with Gasteiger partial charge in [-0.05, 0) is 56.3 Å². The fourth-order valence-corrected chi connectivity index (χ4v) is 4.21. The monoisotopic (exact) mass is 294 g/mol. The van der Waals surface area contributed by atoms with E-state index >= 15 is 0 Å². The summed E-state index contributed by atoms with van der Waals surface area (Å²) in [5.74, 6) is -0.960. The lowest BCUT2D eigenvalue weighted by Crippen LogP contribution is -2.43. The topological polar surface area (TPSA) is 29.3 Å². The van der Waals surface area contributed by atoms with Crippen LogP contribution in [-0.2, 0) is 0 Å². The van der Waals surface area contributed by atoms with Crippen molar-refractivity contribution in [2.75, 3.05) is 19.6 Å². The Morgan fingerprint density at radius 3 is 2.14 bits per heavy atom. The van der Waals surface area contributed by atoms with E-state index in [-0.39, 0.29) is 18.2 Å². The lowest BCUT2D eigenvalue weighted by Gasteiger charge is -2.42. The molecule has 2 nitrogen and oxygen atoms in total. The first-order valence-electron chi connectivity index (χ1n) is 8.03. The smallest absolute Gasteiger partial charge is 0.130 e. The number of likely N-dealkylation sites (tertiary alicyclic amines) is 1. The van der Waals surface area contributed by atoms with Crippen molar-refractivity contribution in [2.24, 2.45) is 11.1 Å². The summed E-state index contributed by atoms with van der Waals surface area (Å²) < 4.78 is 28.0. The Hall–Kier alpha value is -1.00. The van der Waals surface area contributed by atoms with E-state index in [4.69, 9.17) is 5.73 Å². The molecule has 1 atom stereocenters. The fraction of sp³-hybridized carbons (Fsp3) is 0.647. The van der Waals surface area contributed by atoms with E-state index in [1.165, 1.54) is 43.9 Å². The van der Waals surface area contributed by atoms with Crippen LogP contribution in [0.2, 0.25) is 0 Å². The van der Waals surface area contributed by atoms with Crippen molar-refractivity contribution in [1.29, 1.82) is 0 Å². The molecule has 116 valence electrons. The zero-order valence-corrected chi connectivity index (χ0v) is 12.5. The fourth-order valence-electron chi connectivity index (χ4n) is 4.21. The number of hydrogen-bond donors (Lipinski definition) is 1. The molecule has 2 fully saturated rings. The molecule has 4 heteroatoms. The summed E-state index contributed by atoms with van der Waals surface area (Å²) in [6, 6.07) is 3.71. The third kappa shape index (κ3) is 2.84. The maximum absolute atomic E-state index is 14.0. The van der Waals surface area contributed by atoms with Gasteiger partial charge in [-0.3, -0.25) is 4.90 Å². The van der Waals surface area contributed by atoms with Crippen LogP contribution in [0.3, 0.4) is 0 Å². The molecule has 1 aromatic rings. The van der Waals surface area contributed by atoms with Crippen LogP contribution in [0.5, 0.6) is 0 Å². The van der Waals surface area contributed by atoms with Gasteiger partial charge in [-0.25, -0.2) is 8.78 Å². The minimum Gasteiger partial charge on any atom is -0.329 e. The maximum atomic E-state index is 14.0. The lowest BCUT2D eigenvalue weighted by molar-refractivity contribution is 0.0755. The van der Waals surface area contributed by atoms with Gasteiger partial charge in [0.25, 0.3) is 0 Å². The summed E-state index contributed by atoms with van der Waals surface area (Å²) in [6.45, 7) is 2.05. The SMILES string of the molecule is NCC(c1c(F)cccc1F)N1CCC2(CCCC2)CC1. The van der Waals surface area contributed by atoms with E-state index in [9.17, 15) is 8.78 Å². The second-order valence-electron chi connectivity index (χ2n) is 6.63. The van der Waals surface area contributed by atoms with Gasteiger partial charge in [0.15, 0.2) is 0 Å². The molecule has 1 heterocycles. The molecule has 0 amide bonds. The van der Waals surface area contributed by atoms with Crippen molar-refractivity contribution in [3.63, 3.8) is 0 Å². The van der Waals surface area contributed by atoms with Gasteiger partial charge in [0.1, 0.15) is 11.6 Å². The van der Waals surface area contributed by atoms with Crippen molar-refractivity contribution < 1.29 is 8.78 Å². The molecule has 1 aliphatic heterocycles. The summed E-state index contributed by atoms with van der Waals surface area (Å²) in [7, 11) is 0. The largest absolute Gasteiger partial charge is 0.329 e. The number of halogens is 2. The van der Waals surface area contributed by atoms with E-state index in [1.807, 2.05) is 0 Å². The number of rotatable bonds is 3. The van der Waals surface area contributed by atoms with Gasteiger partial charge in [0, 0.05) is 12.1 Å². The predicted molar refractivity (Wildman–Crippen MR) is 79.9 cm³/mol. The van der Waals surface area contributed by atoms with Crippen LogP contribution in [0.4, 0.5) is 8.78 Å². The molecule has 2 aliphatic rings. The van der Waals surface area contributed by atoms with Crippen molar-refractivity contribution in [3.8, 4) is 0 Å². The van der Waals surface area contributed by atoms with Crippen molar-refractivity contribution >= 4 is 0 Å². The molecule has 1 unspecified atom stereocenters. The highest BCUT2D eigenvalue weighted by atomic mass is 19.1. The Morgan fingerprint density at radius 1 is 1.05 bits per heavy atom. The van der Waals surface area contributed by atoms with E-state index in [0.29, 0.717) is 5.41 Å². The number of nitrogens with zero attached hydrogens (tertiary/aromatic N) is 1. The zero-order valence-electron chi connectivity index (χ0n) is 12.5. The Morgan fingerprint density at radius 2 is 1.62 bits per heavy atom. The van der Waals surface area contributed by atoms with Gasteiger partial charge < -0.3 is 5.73 Å². The molecule has 3 rings (SSSR count). The molecule has 0 aromatic heterocycles. The van der Waals surface area contributed by atoms with Crippen LogP contribution in [-0.4, -0.2) is 24.5 Å². The zero-order chi connectivity index (χ0) is 14.9. The van der Waals surface area contributed by atoms with Gasteiger partial charge in [-0.15, -0.1) is 0 Å². The van der Waals surface area contributed by atoms with E-state index in [2.05, 4.69) is 4.90 Å². The molecular weight excluding hydrogens is 270 g/mol. The van der Waals surface area contributed by atoms with Gasteiger partial charge >= 0.3 is 0 Å². The average molecular weight is 294 g/mol. The molecule has 1 aliphatic carbocycles. The number of hydrogen-bond acceptors (Lipinski definition) is 2. The van der Waals surface area contributed by atoms with Crippen LogP contribution >= 0.6 is 0 Å². The van der Waals surface area contributed by atoms with E-state index in [0.717, 1.165) is 25.9 Å². The van der Waals surface area contributed by atoms with Crippen molar-refractivity contribution in [1.82, 2.24) is 4.90 Å². The summed E-state index contributed by atoms with van der Waals surface area (Å²) >= 11 is 0. The van der Waals surface area contributed by atoms with Crippen LogP contribution in [0.1, 0.15) is 50.1 Å². The molecule has 0 radical (unpaired) electrons. The lowest BCUT2D eigenvalue weighted by atomic mass is 9.76. The van der Waals surface area contributed by atoms with E-state index < -0.39 is 11.6 Å². The van der Waals surface area contributed by atoms with E-state index in [1.54, 1.807) is 0 Å². The second kappa shape index (κ2) is 6.01. The highest BCUT2D eigenvalue weighted by Gasteiger charge is 2.39. The minimum absolute atomic E-state index is 0.141. The van der Waals surface area contributed by atoms with Crippen molar-refractivity contribution in [2.45, 2.75) is 44.6 Å². The number of piperidine rings is 1. The molecule has 1 spiro atoms. The Balaban J connectivity index is 1.76. The normalized spacial score (nSPS) is 23.6. The van der Waals surface area contributed by atoms with Crippen LogP contribution in [0, 0.1) is 17.0 Å². The predicted octanol–water partition coefficient (Wildman–Crippen LogP) is 3.62. The highest BCUT2D eigenvalue weighted by Crippen LogP contribution is 2.47. The van der Waals surface area contributed by atoms with Gasteiger partial charge in [0.05, 0.1) is 6.04 Å². The standard InChI is InChI=1S/C17H24F2N2/c18-13-4-3-5-14(19)16(13)15(12-20)21-10-8-17(9-11-21)6-1-2-7-17/h3-5,15H,1-2,6-12,20H2. The number of nitrogens with two attached hydrogens (primary N) is 1. The Labute approximate surface area is 125 Å². The molecule has 21 heavy (non-hydrogen) atoms. The summed E-state index contributed by atoms with van der Waals surface area (Å²) in [4.78, 5) is 2.17. The summed E-state index contributed by atoms with van der Waals surface area (Å²) in [5.41, 5.74) is 6.49. The highest BCUT2D eigenvalue weighted by molar-refractivity contribution is 5.24. The van der Waals surface area contributed by atoms with Crippen LogP contribution in [0.15, 0.2) is 18.2 Å². The third-order valence-electron chi connectivity index (χ3n) is 5.52. The molecule has 1 saturated heterocycles. The van der Waals surface area contributed by atoms with Gasteiger partial charge in [0.2, 0.25) is 0 Å². The number of benzene rings is 1. The molecule has 1 saturated carbocycles. The quantitative estimate of drug-likeness (QED) is 0.922. The molecular formula is C17H24F2N2. The van der Waals surface area contributed by atoms with Gasteiger partial charge in [-0.1, -0.05) is 18.9 Å². The first-order valence-corrected chi connectivity index (χ1v) is 8.03. The summed E-state index contributed by atoms with van der Waals surface area (Å²) in [6.07, 6.45) is 7.59. The molecule has 2 N–H and O–H groups in total. The van der Waals surface area contributed by atoms with Crippen LogP contribution < -0.4 is 5.73 Å². The Kier molecular flexibility index (Phi) is 4.27. The first-order chi connectivity index (χ1) is 10.2. The molecule has 1 aromatic carbocycles. The Bertz CT molecular complexity index is 467. The summed E-state index contributed by atoms with van der Waals surface area (Å²) in [5, 5.41) is 0.